The minimum absolute atomic E-state index is 0.0149. The van der Waals surface area contributed by atoms with Gasteiger partial charge >= 0.3 is 72.5 Å². The number of urea groups is 2. The number of nitrogens with two attached hydrogens (primary N) is 1. The number of nitrogen functional groups attached to an aromatic ring is 1. The van der Waals surface area contributed by atoms with Crippen molar-refractivity contribution < 1.29 is 124 Å². The van der Waals surface area contributed by atoms with Crippen LogP contribution >= 0.6 is 0 Å². The number of imide groups is 5. The molecule has 4 aliphatic rings. The Hall–Kier alpha value is -15.6. The minimum atomic E-state index is -2.41. The van der Waals surface area contributed by atoms with E-state index in [0.29, 0.717) is 61.4 Å². The lowest BCUT2D eigenvalue weighted by Crippen LogP contribution is -2.75. The molecule has 6 N–H and O–H groups in total. The molecule has 4 saturated heterocycles. The fourth-order valence-corrected chi connectivity index (χ4v) is 18.1. The quantitative estimate of drug-likeness (QED) is 0.0182. The Balaban J connectivity index is 0.000000222. The summed E-state index contributed by atoms with van der Waals surface area (Å²) in [6.45, 7) is 40.0. The second-order valence-corrected chi connectivity index (χ2v) is 48.0. The number of amides is 14. The summed E-state index contributed by atoms with van der Waals surface area (Å²) >= 11 is 0. The van der Waals surface area contributed by atoms with Crippen molar-refractivity contribution in [1.29, 1.82) is 0 Å². The Kier molecular flexibility index (Phi) is 37.4. The van der Waals surface area contributed by atoms with Crippen LogP contribution < -0.4 is 36.4 Å². The van der Waals surface area contributed by atoms with E-state index in [-0.39, 0.29) is 60.0 Å². The molecule has 4 aromatic carbocycles. The van der Waals surface area contributed by atoms with Crippen molar-refractivity contribution in [2.45, 2.75) is 260 Å². The minimum Gasteiger partial charge on any atom is -0.480 e. The number of rotatable bonds is 22. The first-order chi connectivity index (χ1) is 68.8. The van der Waals surface area contributed by atoms with Crippen LogP contribution in [0.2, 0.25) is 18.1 Å². The Morgan fingerprint density at radius 1 is 0.372 bits per heavy atom. The number of carbonyl (C=O) groups is 16. The van der Waals surface area contributed by atoms with Gasteiger partial charge in [0.2, 0.25) is 23.6 Å². The summed E-state index contributed by atoms with van der Waals surface area (Å²) in [5.74, 6) is -7.43. The normalized spacial score (nSPS) is 17.5. The molecule has 0 aliphatic carbocycles. The number of carboxylic acids is 1. The molecule has 0 saturated carbocycles. The zero-order valence-electron chi connectivity index (χ0n) is 88.4. The fraction of sp³-hybridized carbons (Fsp3) is 0.439. The number of likely N-dealkylation sites (tertiary alicyclic amines) is 2. The molecule has 792 valence electrons. The molecule has 4 unspecified atom stereocenters. The number of para-hydroxylation sites is 2. The highest BCUT2D eigenvalue weighted by atomic mass is 28.3. The van der Waals surface area contributed by atoms with Gasteiger partial charge in [-0.15, -0.1) is 0 Å². The maximum absolute atomic E-state index is 13.4. The molecule has 41 heteroatoms. The SMILES string of the molecule is CC(C)(C)OC(=O)N(C(=O)OC(C)(C)C)c1cc(CC2C(=O)N([Si](C)(C)C(C)(C)C)[C@@H]2C(=O)O)ccn1.COC(=O)[C@@H]1C(Cc2ccnc(N(C(=O)OC(C)(C)C)C(=O)OC(C)(C)C)c2)C(=O)N1C(=O)Nc1ccccc1Cc1ccccc1.COC(=O)[C@@H]1C(Cc2ccnc(N)c2)C(=O)N1C(=O)Nc1ccccc1Cc1ccccc1.COC(=O)[C@H]1NC(=O)C1Cc1ccnc(N(C(=O)OC(C)(C)C)C(=O)OC(C)(C)C)c1. The molecule has 12 rings (SSSR count). The zero-order chi connectivity index (χ0) is 110. The van der Waals surface area contributed by atoms with E-state index in [0.717, 1.165) is 37.6 Å². The molecular weight excluding hydrogens is 1930 g/mol. The number of carboxylic acid groups (broad SMARTS) is 1. The van der Waals surface area contributed by atoms with Gasteiger partial charge in [0.15, 0.2) is 20.3 Å². The number of aromatic nitrogens is 4. The van der Waals surface area contributed by atoms with Crippen molar-refractivity contribution in [1.82, 2.24) is 39.6 Å². The molecule has 148 heavy (non-hydrogen) atoms. The van der Waals surface area contributed by atoms with E-state index in [9.17, 15) is 81.8 Å². The summed E-state index contributed by atoms with van der Waals surface area (Å²) in [5.41, 5.74) is 7.70. The highest BCUT2D eigenvalue weighted by Gasteiger charge is 2.61. The van der Waals surface area contributed by atoms with E-state index in [1.807, 2.05) is 119 Å². The fourth-order valence-electron chi connectivity index (χ4n) is 15.7. The number of benzene rings is 4. The topological polar surface area (TPSA) is 510 Å². The van der Waals surface area contributed by atoms with Gasteiger partial charge in [-0.05, 0) is 273 Å². The molecule has 0 radical (unpaired) electrons. The van der Waals surface area contributed by atoms with Crippen LogP contribution in [-0.2, 0) is 120 Å². The molecule has 8 aromatic rings. The average Bonchev–Trinajstić information content (AvgIpc) is 0.731. The van der Waals surface area contributed by atoms with Gasteiger partial charge in [-0.3, -0.25) is 19.2 Å². The maximum Gasteiger partial charge on any atom is 0.425 e. The molecule has 40 nitrogen and oxygen atoms in total. The van der Waals surface area contributed by atoms with E-state index in [1.165, 1.54) is 64.3 Å². The van der Waals surface area contributed by atoms with Crippen molar-refractivity contribution in [2.24, 2.45) is 23.7 Å². The zero-order valence-corrected chi connectivity index (χ0v) is 89.4. The van der Waals surface area contributed by atoms with Crippen LogP contribution in [0.5, 0.6) is 0 Å². The second kappa shape index (κ2) is 47.7. The predicted octanol–water partition coefficient (Wildman–Crippen LogP) is 17.0. The molecule has 8 atom stereocenters. The summed E-state index contributed by atoms with van der Waals surface area (Å²) in [5, 5.41) is 17.9. The van der Waals surface area contributed by atoms with Crippen LogP contribution in [0.4, 0.5) is 73.0 Å². The maximum atomic E-state index is 13.4. The van der Waals surface area contributed by atoms with Crippen molar-refractivity contribution in [3.63, 3.8) is 0 Å². The Morgan fingerprint density at radius 3 is 0.939 bits per heavy atom. The largest absolute Gasteiger partial charge is 0.480 e. The second-order valence-electron chi connectivity index (χ2n) is 42.9. The number of ether oxygens (including phenoxy) is 9. The molecule has 4 aliphatic heterocycles. The molecule has 4 fully saturated rings. The van der Waals surface area contributed by atoms with Crippen molar-refractivity contribution in [3.8, 4) is 0 Å². The molecule has 4 aromatic heterocycles. The first-order valence-corrected chi connectivity index (χ1v) is 50.7. The molecule has 14 amide bonds. The van der Waals surface area contributed by atoms with E-state index in [4.69, 9.17) is 48.4 Å². The molecule has 8 heterocycles. The van der Waals surface area contributed by atoms with Crippen LogP contribution in [0, 0.1) is 23.7 Å². The van der Waals surface area contributed by atoms with E-state index < -0.39 is 174 Å². The van der Waals surface area contributed by atoms with E-state index >= 15 is 0 Å². The molecule has 0 bridgehead atoms. The van der Waals surface area contributed by atoms with Crippen molar-refractivity contribution in [2.75, 3.05) is 52.4 Å². The average molecular weight is 2060 g/mol. The monoisotopic (exact) mass is 2060 g/mol. The number of β-lactam (4-membered cyclic amide) rings is 4. The molecule has 0 spiro atoms. The van der Waals surface area contributed by atoms with Crippen LogP contribution in [0.3, 0.4) is 0 Å². The van der Waals surface area contributed by atoms with E-state index in [1.54, 1.807) is 184 Å². The van der Waals surface area contributed by atoms with Crippen LogP contribution in [-0.4, -0.2) is 223 Å². The molecular formula is C107H134N14O26Si. The van der Waals surface area contributed by atoms with Gasteiger partial charge in [0.1, 0.15) is 69.0 Å². The first kappa shape index (κ1) is 116. The van der Waals surface area contributed by atoms with Crippen LogP contribution in [0.1, 0.15) is 190 Å². The lowest BCUT2D eigenvalue weighted by atomic mass is 9.82. The third kappa shape index (κ3) is 31.0. The van der Waals surface area contributed by atoms with Crippen LogP contribution in [0.15, 0.2) is 183 Å². The summed E-state index contributed by atoms with van der Waals surface area (Å²) < 4.78 is 48.5. The Morgan fingerprint density at radius 2 is 0.655 bits per heavy atom. The van der Waals surface area contributed by atoms with Gasteiger partial charge in [-0.25, -0.2) is 87.3 Å². The number of nitrogens with zero attached hydrogens (tertiary/aromatic N) is 10. The number of hydrogen-bond acceptors (Lipinski definition) is 30. The lowest BCUT2D eigenvalue weighted by molar-refractivity contribution is -0.167. The summed E-state index contributed by atoms with van der Waals surface area (Å²) in [6.07, 6.45) is 1.58. The van der Waals surface area contributed by atoms with E-state index in [2.05, 4.69) is 35.9 Å². The number of carbonyl (C=O) groups excluding carboxylic acids is 15. The predicted molar refractivity (Wildman–Crippen MR) is 549 cm³/mol. The highest BCUT2D eigenvalue weighted by molar-refractivity contribution is 6.80. The first-order valence-electron chi connectivity index (χ1n) is 47.8. The van der Waals surface area contributed by atoms with Gasteiger partial charge in [0.25, 0.3) is 0 Å². The Labute approximate surface area is 861 Å². The summed E-state index contributed by atoms with van der Waals surface area (Å²) in [7, 11) is 1.24. The number of anilines is 6. The van der Waals surface area contributed by atoms with Crippen molar-refractivity contribution >= 4 is 139 Å². The third-order valence-electron chi connectivity index (χ3n) is 23.4. The number of methoxy groups -OCH3 is 3. The number of aliphatic carboxylic acids is 1. The highest BCUT2D eigenvalue weighted by Crippen LogP contribution is 2.47. The van der Waals surface area contributed by atoms with Gasteiger partial charge in [-0.1, -0.05) is 131 Å². The van der Waals surface area contributed by atoms with Gasteiger partial charge in [0.05, 0.1) is 45.0 Å². The summed E-state index contributed by atoms with van der Waals surface area (Å²) in [4.78, 5) is 225. The van der Waals surface area contributed by atoms with Crippen molar-refractivity contribution in [3.05, 3.63) is 227 Å². The van der Waals surface area contributed by atoms with Crippen LogP contribution in [0.25, 0.3) is 0 Å². The number of hydrogen-bond donors (Lipinski definition) is 5. The Bertz CT molecular complexity index is 6150. The van der Waals surface area contributed by atoms with Gasteiger partial charge in [0, 0.05) is 36.2 Å². The van der Waals surface area contributed by atoms with Gasteiger partial charge < -0.3 is 74.0 Å². The van der Waals surface area contributed by atoms with Gasteiger partial charge in [-0.2, -0.15) is 14.7 Å². The number of nitrogens with one attached hydrogen (secondary N) is 3. The standard InChI is InChI=1S/C35H40N4O8.C26H41N3O7Si.C25H24N4O4.C21H29N3O7/c1-34(2,3)46-32(43)38(33(44)47-35(4,5)6)27-21-23(17-18-36-27)20-25-28(30(41)45-7)39(29(25)40)31(42)37-26-16-12-11-15-24(26)19-22-13-9-8-10-14-22;1-24(2,3)35-22(33)28(23(34)36-25(4,5)6)18-15-16(12-13-27-18)14-17-19(21(31)32)29(20(17)30)37(10,11)26(7,8)9;1-33-24(31)22-19(14-17-11-12-27-21(26)15-17)23(30)29(22)25(32)28-20-10-6-5-9-18(20)13-16-7-3-2-4-8-16;1-20(2,3)30-18(27)24(19(28)31-21(4,5)6)14-11-12(8-9-22-14)10-13-15(17(26)29-7)23-16(13)25/h8-18,21,25,28H,19-20H2,1-7H3,(H,37,42);12-13,15,17,19H,14H2,1-11H3,(H,31,32);2-12,15,19,22H,13-14H2,1H3,(H2,26,27)(H,28,32);8-9,11,13,15H,10H2,1-7H3,(H,23,25)/t25?,28-;17?,19-;19?,22-;13?,15-/m0000/s1. The smallest absolute Gasteiger partial charge is 0.425 e. The third-order valence-corrected chi connectivity index (χ3v) is 28.8. The summed E-state index contributed by atoms with van der Waals surface area (Å²) in [6, 6.07) is 41.4. The number of pyridine rings is 4. The number of esters is 3. The lowest BCUT2D eigenvalue weighted by Gasteiger charge is -2.56.